The number of benzene rings is 1. The minimum atomic E-state index is -0.699. The molecule has 0 spiro atoms. The summed E-state index contributed by atoms with van der Waals surface area (Å²) in [5.41, 5.74) is -0.594. The van der Waals surface area contributed by atoms with E-state index in [1.807, 2.05) is 13.8 Å². The third-order valence-corrected chi connectivity index (χ3v) is 4.61. The van der Waals surface area contributed by atoms with Gasteiger partial charge in [0.15, 0.2) is 0 Å². The Labute approximate surface area is 113 Å². The average Bonchev–Trinajstić information content (AvgIpc) is 2.27. The first kappa shape index (κ1) is 14.4. The normalized spacial score (nSPS) is 28.4. The molecule has 0 aromatic heterocycles. The molecule has 2 rings (SSSR count). The van der Waals surface area contributed by atoms with Crippen LogP contribution in [0.1, 0.15) is 45.6 Å². The molecule has 0 aliphatic heterocycles. The van der Waals surface area contributed by atoms with Crippen LogP contribution in [0.5, 0.6) is 0 Å². The summed E-state index contributed by atoms with van der Waals surface area (Å²) in [5.74, 6) is -0.658. The summed E-state index contributed by atoms with van der Waals surface area (Å²) in [4.78, 5) is 0. The lowest BCUT2D eigenvalue weighted by Gasteiger charge is -2.42. The van der Waals surface area contributed by atoms with Crippen molar-refractivity contribution < 1.29 is 13.9 Å². The van der Waals surface area contributed by atoms with Gasteiger partial charge in [-0.25, -0.2) is 8.78 Å². The minimum absolute atomic E-state index is 0.102. The molecule has 0 radical (unpaired) electrons. The van der Waals surface area contributed by atoms with Crippen molar-refractivity contribution >= 4 is 0 Å². The standard InChI is InChI=1S/C16H22F2O/c1-10-7-8-11(14(19)9-10)16(2,3)15-12(17)5-4-6-13(15)18/h4-6,10-11,14,19H,7-9H2,1-3H3. The van der Waals surface area contributed by atoms with Crippen molar-refractivity contribution in [1.29, 1.82) is 0 Å². The first-order chi connectivity index (χ1) is 8.84. The molecule has 0 heterocycles. The fourth-order valence-electron chi connectivity index (χ4n) is 3.49. The lowest BCUT2D eigenvalue weighted by Crippen LogP contribution is -2.42. The number of hydrogen-bond donors (Lipinski definition) is 1. The van der Waals surface area contributed by atoms with Crippen molar-refractivity contribution in [3.05, 3.63) is 35.4 Å². The number of halogens is 2. The highest BCUT2D eigenvalue weighted by molar-refractivity contribution is 5.29. The van der Waals surface area contributed by atoms with Crippen molar-refractivity contribution in [2.24, 2.45) is 11.8 Å². The van der Waals surface area contributed by atoms with Crippen LogP contribution in [-0.4, -0.2) is 11.2 Å². The Morgan fingerprint density at radius 3 is 2.26 bits per heavy atom. The van der Waals surface area contributed by atoms with E-state index in [0.29, 0.717) is 12.3 Å². The molecule has 1 aromatic carbocycles. The fraction of sp³-hybridized carbons (Fsp3) is 0.625. The van der Waals surface area contributed by atoms with E-state index in [-0.39, 0.29) is 11.5 Å². The van der Waals surface area contributed by atoms with E-state index in [1.54, 1.807) is 0 Å². The monoisotopic (exact) mass is 268 g/mol. The van der Waals surface area contributed by atoms with Crippen LogP contribution in [0.3, 0.4) is 0 Å². The lowest BCUT2D eigenvalue weighted by molar-refractivity contribution is 0.0126. The second-order valence-corrected chi connectivity index (χ2v) is 6.41. The summed E-state index contributed by atoms with van der Waals surface area (Å²) < 4.78 is 28.0. The Bertz CT molecular complexity index is 436. The summed E-state index contributed by atoms with van der Waals surface area (Å²) in [6, 6.07) is 3.96. The predicted molar refractivity (Wildman–Crippen MR) is 71.9 cm³/mol. The second-order valence-electron chi connectivity index (χ2n) is 6.41. The van der Waals surface area contributed by atoms with Gasteiger partial charge in [0.25, 0.3) is 0 Å². The Morgan fingerprint density at radius 1 is 1.16 bits per heavy atom. The van der Waals surface area contributed by atoms with Crippen molar-refractivity contribution in [3.8, 4) is 0 Å². The van der Waals surface area contributed by atoms with Gasteiger partial charge in [-0.3, -0.25) is 0 Å². The van der Waals surface area contributed by atoms with Crippen LogP contribution in [0.2, 0.25) is 0 Å². The molecule has 1 aliphatic carbocycles. The zero-order chi connectivity index (χ0) is 14.2. The second kappa shape index (κ2) is 5.20. The average molecular weight is 268 g/mol. The molecular formula is C16H22F2O. The molecule has 19 heavy (non-hydrogen) atoms. The van der Waals surface area contributed by atoms with E-state index in [0.717, 1.165) is 12.8 Å². The topological polar surface area (TPSA) is 20.2 Å². The van der Waals surface area contributed by atoms with Gasteiger partial charge in [-0.05, 0) is 36.8 Å². The molecule has 1 fully saturated rings. The highest BCUT2D eigenvalue weighted by Crippen LogP contribution is 2.43. The molecule has 106 valence electrons. The summed E-state index contributed by atoms with van der Waals surface area (Å²) in [6.07, 6.45) is 2.03. The molecule has 1 N–H and O–H groups in total. The van der Waals surface area contributed by atoms with Crippen LogP contribution in [-0.2, 0) is 5.41 Å². The SMILES string of the molecule is CC1CCC(C(C)(C)c2c(F)cccc2F)C(O)C1. The number of aliphatic hydroxyl groups is 1. The minimum Gasteiger partial charge on any atom is -0.393 e. The van der Waals surface area contributed by atoms with E-state index in [4.69, 9.17) is 0 Å². The van der Waals surface area contributed by atoms with Crippen LogP contribution in [0.15, 0.2) is 18.2 Å². The van der Waals surface area contributed by atoms with Gasteiger partial charge >= 0.3 is 0 Å². The van der Waals surface area contributed by atoms with Gasteiger partial charge in [0.1, 0.15) is 11.6 Å². The van der Waals surface area contributed by atoms with E-state index in [2.05, 4.69) is 6.92 Å². The third-order valence-electron chi connectivity index (χ3n) is 4.61. The van der Waals surface area contributed by atoms with Crippen molar-refractivity contribution in [3.63, 3.8) is 0 Å². The summed E-state index contributed by atoms with van der Waals surface area (Å²) in [7, 11) is 0. The Kier molecular flexibility index (Phi) is 3.95. The first-order valence-electron chi connectivity index (χ1n) is 6.96. The van der Waals surface area contributed by atoms with E-state index < -0.39 is 23.2 Å². The maximum Gasteiger partial charge on any atom is 0.129 e. The first-order valence-corrected chi connectivity index (χ1v) is 6.96. The smallest absolute Gasteiger partial charge is 0.129 e. The van der Waals surface area contributed by atoms with Crippen molar-refractivity contribution in [1.82, 2.24) is 0 Å². The number of aliphatic hydroxyl groups excluding tert-OH is 1. The predicted octanol–water partition coefficient (Wildman–Crippen LogP) is 4.04. The molecule has 1 aliphatic rings. The largest absolute Gasteiger partial charge is 0.393 e. The Morgan fingerprint density at radius 2 is 1.74 bits per heavy atom. The maximum absolute atomic E-state index is 14.0. The molecule has 1 aromatic rings. The van der Waals surface area contributed by atoms with Crippen LogP contribution in [0.25, 0.3) is 0 Å². The highest BCUT2D eigenvalue weighted by atomic mass is 19.1. The van der Waals surface area contributed by atoms with Crippen LogP contribution in [0, 0.1) is 23.5 Å². The molecule has 3 atom stereocenters. The fourth-order valence-corrected chi connectivity index (χ4v) is 3.49. The van der Waals surface area contributed by atoms with Gasteiger partial charge in [-0.2, -0.15) is 0 Å². The van der Waals surface area contributed by atoms with Crippen LogP contribution in [0.4, 0.5) is 8.78 Å². The van der Waals surface area contributed by atoms with Crippen molar-refractivity contribution in [2.75, 3.05) is 0 Å². The molecule has 3 unspecified atom stereocenters. The number of hydrogen-bond acceptors (Lipinski definition) is 1. The Hall–Kier alpha value is -0.960. The molecule has 0 bridgehead atoms. The highest BCUT2D eigenvalue weighted by Gasteiger charge is 2.41. The molecule has 0 amide bonds. The van der Waals surface area contributed by atoms with E-state index in [9.17, 15) is 13.9 Å². The molecule has 3 heteroatoms. The Balaban J connectivity index is 2.36. The van der Waals surface area contributed by atoms with E-state index in [1.165, 1.54) is 18.2 Å². The summed E-state index contributed by atoms with van der Waals surface area (Å²) >= 11 is 0. The molecule has 1 saturated carbocycles. The summed E-state index contributed by atoms with van der Waals surface area (Å²) in [6.45, 7) is 5.77. The zero-order valence-corrected chi connectivity index (χ0v) is 11.8. The summed E-state index contributed by atoms with van der Waals surface area (Å²) in [5, 5.41) is 10.3. The van der Waals surface area contributed by atoms with Crippen LogP contribution >= 0.6 is 0 Å². The molecule has 0 saturated heterocycles. The third kappa shape index (κ3) is 2.66. The van der Waals surface area contributed by atoms with Gasteiger partial charge < -0.3 is 5.11 Å². The lowest BCUT2D eigenvalue weighted by atomic mass is 9.64. The van der Waals surface area contributed by atoms with Gasteiger partial charge in [0, 0.05) is 11.0 Å². The maximum atomic E-state index is 14.0. The van der Waals surface area contributed by atoms with Crippen LogP contribution < -0.4 is 0 Å². The van der Waals surface area contributed by atoms with Gasteiger partial charge in [0.2, 0.25) is 0 Å². The van der Waals surface area contributed by atoms with Gasteiger partial charge in [0.05, 0.1) is 6.10 Å². The van der Waals surface area contributed by atoms with Gasteiger partial charge in [-0.1, -0.05) is 33.3 Å². The van der Waals surface area contributed by atoms with Gasteiger partial charge in [-0.15, -0.1) is 0 Å². The zero-order valence-electron chi connectivity index (χ0n) is 11.8. The molecule has 1 nitrogen and oxygen atoms in total. The molecular weight excluding hydrogens is 246 g/mol. The quantitative estimate of drug-likeness (QED) is 0.858. The van der Waals surface area contributed by atoms with E-state index >= 15 is 0 Å². The number of rotatable bonds is 2. The van der Waals surface area contributed by atoms with Crippen molar-refractivity contribution in [2.45, 2.75) is 51.6 Å².